The number of nitrogens with zero attached hydrogens (tertiary/aromatic N) is 1. The zero-order chi connectivity index (χ0) is 16.6. The van der Waals surface area contributed by atoms with Gasteiger partial charge in [0.15, 0.2) is 17.3 Å². The fraction of sp³-hybridized carbons (Fsp3) is 0.294. The minimum Gasteiger partial charge on any atom is -0.504 e. The fourth-order valence-corrected chi connectivity index (χ4v) is 3.06. The highest BCUT2D eigenvalue weighted by Gasteiger charge is 2.38. The van der Waals surface area contributed by atoms with Gasteiger partial charge in [-0.15, -0.1) is 0 Å². The second kappa shape index (κ2) is 5.69. The fourth-order valence-electron chi connectivity index (χ4n) is 3.06. The first kappa shape index (κ1) is 15.0. The lowest BCUT2D eigenvalue weighted by Crippen LogP contribution is -2.27. The van der Waals surface area contributed by atoms with Crippen LogP contribution in [0.4, 0.5) is 0 Å². The van der Waals surface area contributed by atoms with E-state index in [4.69, 9.17) is 15.2 Å². The number of methoxy groups -OCH3 is 1. The van der Waals surface area contributed by atoms with Crippen molar-refractivity contribution in [3.05, 3.63) is 46.6 Å². The van der Waals surface area contributed by atoms with Gasteiger partial charge in [0.05, 0.1) is 13.0 Å². The zero-order valence-electron chi connectivity index (χ0n) is 12.6. The van der Waals surface area contributed by atoms with Gasteiger partial charge < -0.3 is 20.3 Å². The van der Waals surface area contributed by atoms with Crippen molar-refractivity contribution in [2.24, 2.45) is 5.73 Å². The summed E-state index contributed by atoms with van der Waals surface area (Å²) in [5.74, 6) is 0.195. The van der Waals surface area contributed by atoms with Crippen LogP contribution >= 0.6 is 0 Å². The van der Waals surface area contributed by atoms with E-state index in [1.54, 1.807) is 12.1 Å². The van der Waals surface area contributed by atoms with E-state index in [0.29, 0.717) is 36.2 Å². The van der Waals surface area contributed by atoms with E-state index in [9.17, 15) is 15.2 Å². The molecule has 2 aliphatic rings. The number of phenols is 1. The predicted molar refractivity (Wildman–Crippen MR) is 81.2 cm³/mol. The number of aromatic hydroxyl groups is 1. The normalized spacial score (nSPS) is 20.7. The number of benzene rings is 1. The van der Waals surface area contributed by atoms with Gasteiger partial charge >= 0.3 is 0 Å². The van der Waals surface area contributed by atoms with E-state index in [0.717, 1.165) is 0 Å². The Balaban J connectivity index is 2.19. The van der Waals surface area contributed by atoms with Gasteiger partial charge in [-0.1, -0.05) is 6.07 Å². The third-order valence-electron chi connectivity index (χ3n) is 4.14. The van der Waals surface area contributed by atoms with Crippen molar-refractivity contribution in [3.63, 3.8) is 0 Å². The molecule has 1 aromatic carbocycles. The molecule has 6 nitrogen and oxygen atoms in total. The van der Waals surface area contributed by atoms with E-state index in [1.807, 2.05) is 6.07 Å². The van der Waals surface area contributed by atoms with Gasteiger partial charge in [-0.3, -0.25) is 4.79 Å². The van der Waals surface area contributed by atoms with Crippen LogP contribution in [0.25, 0.3) is 0 Å². The number of hydrogen-bond acceptors (Lipinski definition) is 6. The summed E-state index contributed by atoms with van der Waals surface area (Å²) in [6.45, 7) is 0. The highest BCUT2D eigenvalue weighted by Crippen LogP contribution is 2.44. The van der Waals surface area contributed by atoms with Gasteiger partial charge in [0.25, 0.3) is 0 Å². The molecule has 6 heteroatoms. The molecule has 0 fully saturated rings. The van der Waals surface area contributed by atoms with Crippen LogP contribution in [0.1, 0.15) is 30.7 Å². The van der Waals surface area contributed by atoms with E-state index in [-0.39, 0.29) is 28.7 Å². The lowest BCUT2D eigenvalue weighted by atomic mass is 9.77. The summed E-state index contributed by atoms with van der Waals surface area (Å²) >= 11 is 0. The molecule has 1 atom stereocenters. The smallest absolute Gasteiger partial charge is 0.205 e. The van der Waals surface area contributed by atoms with Crippen molar-refractivity contribution in [2.75, 3.05) is 7.11 Å². The number of Topliss-reactive ketones (excluding diaryl/α,β-unsaturated/α-hetero) is 1. The summed E-state index contributed by atoms with van der Waals surface area (Å²) in [4.78, 5) is 12.4. The molecular formula is C17H16N2O4. The molecule has 0 saturated heterocycles. The lowest BCUT2D eigenvalue weighted by Gasteiger charge is -2.31. The maximum Gasteiger partial charge on any atom is 0.205 e. The molecule has 0 radical (unpaired) electrons. The summed E-state index contributed by atoms with van der Waals surface area (Å²) < 4.78 is 10.6. The van der Waals surface area contributed by atoms with Crippen LogP contribution in [0.5, 0.6) is 11.5 Å². The first-order valence-electron chi connectivity index (χ1n) is 7.27. The Labute approximate surface area is 133 Å². The molecular weight excluding hydrogens is 296 g/mol. The molecule has 1 aliphatic heterocycles. The molecule has 0 saturated carbocycles. The minimum absolute atomic E-state index is 0.0112. The second-order valence-electron chi connectivity index (χ2n) is 5.47. The molecule has 118 valence electrons. The van der Waals surface area contributed by atoms with Crippen LogP contribution in [0, 0.1) is 11.3 Å². The summed E-state index contributed by atoms with van der Waals surface area (Å²) in [5, 5.41) is 19.2. The third-order valence-corrected chi connectivity index (χ3v) is 4.14. The Morgan fingerprint density at radius 1 is 1.43 bits per heavy atom. The third kappa shape index (κ3) is 2.40. The standard InChI is InChI=1S/C17H16N2O4/c1-22-14-7-9(5-6-11(14)20)15-10(8-18)17(19)23-13-4-2-3-12(21)16(13)15/h5-7,15,20H,2-4,19H2,1H3. The van der Waals surface area contributed by atoms with E-state index < -0.39 is 5.92 Å². The highest BCUT2D eigenvalue weighted by atomic mass is 16.5. The number of rotatable bonds is 2. The monoisotopic (exact) mass is 312 g/mol. The van der Waals surface area contributed by atoms with E-state index >= 15 is 0 Å². The van der Waals surface area contributed by atoms with Gasteiger partial charge in [-0.25, -0.2) is 0 Å². The number of carbonyl (C=O) groups is 1. The van der Waals surface area contributed by atoms with Crippen LogP contribution in [-0.2, 0) is 9.53 Å². The molecule has 1 aromatic rings. The van der Waals surface area contributed by atoms with Crippen LogP contribution in [0.3, 0.4) is 0 Å². The van der Waals surface area contributed by atoms with Gasteiger partial charge in [0.1, 0.15) is 17.4 Å². The summed E-state index contributed by atoms with van der Waals surface area (Å²) in [6.07, 6.45) is 1.75. The van der Waals surface area contributed by atoms with Gasteiger partial charge in [0, 0.05) is 18.4 Å². The lowest BCUT2D eigenvalue weighted by molar-refractivity contribution is -0.116. The number of ketones is 1. The van der Waals surface area contributed by atoms with Gasteiger partial charge in [-0.05, 0) is 24.1 Å². The molecule has 0 aromatic heterocycles. The van der Waals surface area contributed by atoms with Gasteiger partial charge in [0.2, 0.25) is 5.88 Å². The van der Waals surface area contributed by atoms with Crippen molar-refractivity contribution in [1.29, 1.82) is 5.26 Å². The van der Waals surface area contributed by atoms with Crippen molar-refractivity contribution < 1.29 is 19.4 Å². The Kier molecular flexibility index (Phi) is 3.70. The zero-order valence-corrected chi connectivity index (χ0v) is 12.6. The largest absolute Gasteiger partial charge is 0.504 e. The van der Waals surface area contributed by atoms with Crippen LogP contribution in [0.15, 0.2) is 41.0 Å². The number of allylic oxidation sites excluding steroid dienone is 3. The Morgan fingerprint density at radius 3 is 2.91 bits per heavy atom. The first-order valence-corrected chi connectivity index (χ1v) is 7.27. The minimum atomic E-state index is -0.592. The number of ether oxygens (including phenoxy) is 2. The number of phenolic OH excluding ortho intramolecular Hbond substituents is 1. The maximum atomic E-state index is 12.4. The average Bonchev–Trinajstić information content (AvgIpc) is 2.54. The SMILES string of the molecule is COc1cc(C2C(C#N)=C(N)OC3=C2C(=O)CCC3)ccc1O. The number of nitrogens with two attached hydrogens (primary N) is 1. The molecule has 0 bridgehead atoms. The molecule has 3 N–H and O–H groups in total. The molecule has 1 unspecified atom stereocenters. The van der Waals surface area contributed by atoms with Crippen LogP contribution < -0.4 is 10.5 Å². The van der Waals surface area contributed by atoms with Crippen LogP contribution in [-0.4, -0.2) is 18.0 Å². The van der Waals surface area contributed by atoms with E-state index in [2.05, 4.69) is 0 Å². The average molecular weight is 312 g/mol. The van der Waals surface area contributed by atoms with Crippen molar-refractivity contribution >= 4 is 5.78 Å². The number of carbonyl (C=O) groups excluding carboxylic acids is 1. The molecule has 23 heavy (non-hydrogen) atoms. The molecule has 1 aliphatic carbocycles. The second-order valence-corrected chi connectivity index (χ2v) is 5.47. The summed E-state index contributed by atoms with van der Waals surface area (Å²) in [7, 11) is 1.44. The van der Waals surface area contributed by atoms with Crippen molar-refractivity contribution in [1.82, 2.24) is 0 Å². The molecule has 0 spiro atoms. The summed E-state index contributed by atoms with van der Waals surface area (Å²) in [6, 6.07) is 6.79. The Bertz CT molecular complexity index is 786. The maximum absolute atomic E-state index is 12.4. The molecule has 0 amide bonds. The summed E-state index contributed by atoms with van der Waals surface area (Å²) in [5.41, 5.74) is 7.22. The van der Waals surface area contributed by atoms with Crippen LogP contribution in [0.2, 0.25) is 0 Å². The quantitative estimate of drug-likeness (QED) is 0.867. The Hall–Kier alpha value is -2.94. The topological polar surface area (TPSA) is 106 Å². The van der Waals surface area contributed by atoms with E-state index in [1.165, 1.54) is 13.2 Å². The highest BCUT2D eigenvalue weighted by molar-refractivity contribution is 5.99. The molecule has 1 heterocycles. The van der Waals surface area contributed by atoms with Crippen molar-refractivity contribution in [2.45, 2.75) is 25.2 Å². The first-order chi connectivity index (χ1) is 11.1. The number of nitriles is 1. The predicted octanol–water partition coefficient (Wildman–Crippen LogP) is 2.22. The Morgan fingerprint density at radius 2 is 2.22 bits per heavy atom. The van der Waals surface area contributed by atoms with Gasteiger partial charge in [-0.2, -0.15) is 5.26 Å². The number of hydrogen-bond donors (Lipinski definition) is 2. The van der Waals surface area contributed by atoms with Crippen molar-refractivity contribution in [3.8, 4) is 17.6 Å². The molecule has 3 rings (SSSR count).